The van der Waals surface area contributed by atoms with E-state index in [1.54, 1.807) is 0 Å². The van der Waals surface area contributed by atoms with Gasteiger partial charge in [0.05, 0.1) is 11.5 Å². The summed E-state index contributed by atoms with van der Waals surface area (Å²) in [6.45, 7) is 4.54. The Morgan fingerprint density at radius 2 is 1.94 bits per heavy atom. The van der Waals surface area contributed by atoms with E-state index < -0.39 is 0 Å². The summed E-state index contributed by atoms with van der Waals surface area (Å²) < 4.78 is 0. The Kier molecular flexibility index (Phi) is 4.71. The van der Waals surface area contributed by atoms with Crippen LogP contribution in [0.15, 0.2) is 0 Å². The van der Waals surface area contributed by atoms with Gasteiger partial charge in [-0.25, -0.2) is 0 Å². The molecule has 0 saturated heterocycles. The monoisotopic (exact) mass is 247 g/mol. The van der Waals surface area contributed by atoms with Gasteiger partial charge in [0.25, 0.3) is 0 Å². The minimum absolute atomic E-state index is 0.0491. The third-order valence-corrected chi connectivity index (χ3v) is 5.56. The Hall–Kier alpha value is -0.510. The maximum atomic E-state index is 9.55. The van der Waals surface area contributed by atoms with Crippen molar-refractivity contribution in [3.8, 4) is 6.07 Å². The predicted octanol–water partition coefficient (Wildman–Crippen LogP) is 5.31. The van der Waals surface area contributed by atoms with Gasteiger partial charge in [0, 0.05) is 0 Å². The van der Waals surface area contributed by atoms with Gasteiger partial charge in [0.2, 0.25) is 0 Å². The lowest BCUT2D eigenvalue weighted by Gasteiger charge is -2.45. The van der Waals surface area contributed by atoms with Gasteiger partial charge in [-0.2, -0.15) is 5.26 Å². The molecule has 0 heterocycles. The SMILES string of the molecule is CCCC1CCC2C[C@](C#N)(CCC)CC[C@@H]2C1. The molecule has 0 aromatic heterocycles. The molecule has 0 radical (unpaired) electrons. The van der Waals surface area contributed by atoms with Gasteiger partial charge in [0.15, 0.2) is 0 Å². The third-order valence-electron chi connectivity index (χ3n) is 5.56. The molecule has 0 aliphatic heterocycles. The maximum absolute atomic E-state index is 9.55. The lowest BCUT2D eigenvalue weighted by Crippen LogP contribution is -2.36. The summed E-state index contributed by atoms with van der Waals surface area (Å²) in [5.74, 6) is 2.82. The predicted molar refractivity (Wildman–Crippen MR) is 76.0 cm³/mol. The lowest BCUT2D eigenvalue weighted by atomic mass is 9.58. The number of hydrogen-bond acceptors (Lipinski definition) is 1. The van der Waals surface area contributed by atoms with Crippen LogP contribution in [0.2, 0.25) is 0 Å². The zero-order valence-electron chi connectivity index (χ0n) is 12.3. The van der Waals surface area contributed by atoms with Crippen molar-refractivity contribution in [3.05, 3.63) is 0 Å². The van der Waals surface area contributed by atoms with Gasteiger partial charge >= 0.3 is 0 Å². The van der Waals surface area contributed by atoms with Crippen LogP contribution < -0.4 is 0 Å². The van der Waals surface area contributed by atoms with Crippen LogP contribution in [-0.4, -0.2) is 0 Å². The van der Waals surface area contributed by atoms with Crippen molar-refractivity contribution in [2.24, 2.45) is 23.2 Å². The van der Waals surface area contributed by atoms with Crippen LogP contribution in [0.5, 0.6) is 0 Å². The standard InChI is InChI=1S/C17H29N/c1-3-5-14-6-7-16-12-17(13-18,9-4-2)10-8-15(16)11-14/h14-16H,3-12H2,1-2H3/t14?,15-,16?,17+/m1/s1. The van der Waals surface area contributed by atoms with Crippen molar-refractivity contribution >= 4 is 0 Å². The second kappa shape index (κ2) is 6.09. The Morgan fingerprint density at radius 3 is 2.61 bits per heavy atom. The third kappa shape index (κ3) is 2.90. The van der Waals surface area contributed by atoms with Crippen LogP contribution >= 0.6 is 0 Å². The summed E-state index contributed by atoms with van der Waals surface area (Å²) in [6, 6.07) is 2.69. The Balaban J connectivity index is 1.95. The quantitative estimate of drug-likeness (QED) is 0.660. The fourth-order valence-electron chi connectivity index (χ4n) is 4.65. The van der Waals surface area contributed by atoms with Gasteiger partial charge in [0.1, 0.15) is 0 Å². The van der Waals surface area contributed by atoms with Gasteiger partial charge in [-0.3, -0.25) is 0 Å². The second-order valence-corrected chi connectivity index (χ2v) is 6.87. The van der Waals surface area contributed by atoms with Crippen LogP contribution in [-0.2, 0) is 0 Å². The molecule has 2 unspecified atom stereocenters. The summed E-state index contributed by atoms with van der Waals surface area (Å²) in [5.41, 5.74) is 0.0491. The first-order valence-electron chi connectivity index (χ1n) is 8.14. The van der Waals surface area contributed by atoms with E-state index in [0.717, 1.165) is 24.2 Å². The molecular formula is C17H29N. The normalized spacial score (nSPS) is 39.9. The summed E-state index contributed by atoms with van der Waals surface area (Å²) >= 11 is 0. The number of hydrogen-bond donors (Lipinski definition) is 0. The van der Waals surface area contributed by atoms with E-state index in [1.807, 2.05) is 0 Å². The molecule has 102 valence electrons. The fourth-order valence-corrected chi connectivity index (χ4v) is 4.65. The fraction of sp³-hybridized carbons (Fsp3) is 0.941. The van der Waals surface area contributed by atoms with Gasteiger partial charge in [-0.1, -0.05) is 39.5 Å². The average Bonchev–Trinajstić information content (AvgIpc) is 2.40. The zero-order chi connectivity index (χ0) is 13.0. The molecule has 0 aromatic rings. The zero-order valence-corrected chi connectivity index (χ0v) is 12.3. The van der Waals surface area contributed by atoms with E-state index in [1.165, 1.54) is 57.8 Å². The Bertz CT molecular complexity index is 303. The summed E-state index contributed by atoms with van der Waals surface area (Å²) in [6.07, 6.45) is 13.1. The largest absolute Gasteiger partial charge is 0.198 e. The second-order valence-electron chi connectivity index (χ2n) is 6.87. The summed E-state index contributed by atoms with van der Waals surface area (Å²) in [7, 11) is 0. The molecule has 2 fully saturated rings. The molecule has 0 amide bonds. The van der Waals surface area contributed by atoms with Gasteiger partial charge in [-0.15, -0.1) is 0 Å². The molecule has 0 spiro atoms. The first-order chi connectivity index (χ1) is 8.73. The van der Waals surface area contributed by atoms with Crippen molar-refractivity contribution in [1.29, 1.82) is 5.26 Å². The van der Waals surface area contributed by atoms with Gasteiger partial charge < -0.3 is 0 Å². The Morgan fingerprint density at radius 1 is 1.11 bits per heavy atom. The van der Waals surface area contributed by atoms with Crippen LogP contribution in [0.25, 0.3) is 0 Å². The molecule has 2 aliphatic carbocycles. The van der Waals surface area contributed by atoms with Crippen molar-refractivity contribution in [3.63, 3.8) is 0 Å². The van der Waals surface area contributed by atoms with E-state index >= 15 is 0 Å². The van der Waals surface area contributed by atoms with E-state index in [-0.39, 0.29) is 5.41 Å². The molecule has 0 bridgehead atoms. The summed E-state index contributed by atoms with van der Waals surface area (Å²) in [4.78, 5) is 0. The number of rotatable bonds is 4. The molecule has 2 rings (SSSR count). The highest BCUT2D eigenvalue weighted by atomic mass is 14.5. The van der Waals surface area contributed by atoms with E-state index in [4.69, 9.17) is 0 Å². The smallest absolute Gasteiger partial charge is 0.0689 e. The van der Waals surface area contributed by atoms with Crippen LogP contribution in [0.1, 0.15) is 78.1 Å². The number of nitriles is 1. The van der Waals surface area contributed by atoms with Crippen molar-refractivity contribution in [1.82, 2.24) is 0 Å². The van der Waals surface area contributed by atoms with Crippen LogP contribution in [0.4, 0.5) is 0 Å². The van der Waals surface area contributed by atoms with Crippen molar-refractivity contribution in [2.75, 3.05) is 0 Å². The molecule has 2 aliphatic rings. The highest BCUT2D eigenvalue weighted by Gasteiger charge is 2.42. The molecule has 0 aromatic carbocycles. The molecule has 0 N–H and O–H groups in total. The molecule has 1 heteroatoms. The van der Waals surface area contributed by atoms with Gasteiger partial charge in [-0.05, 0) is 56.3 Å². The van der Waals surface area contributed by atoms with E-state index in [9.17, 15) is 5.26 Å². The minimum atomic E-state index is 0.0491. The highest BCUT2D eigenvalue weighted by Crippen LogP contribution is 2.51. The molecule has 18 heavy (non-hydrogen) atoms. The first kappa shape index (κ1) is 13.9. The first-order valence-corrected chi connectivity index (χ1v) is 8.14. The molecule has 2 saturated carbocycles. The minimum Gasteiger partial charge on any atom is -0.198 e. The highest BCUT2D eigenvalue weighted by molar-refractivity contribution is 5.04. The van der Waals surface area contributed by atoms with Crippen LogP contribution in [0, 0.1) is 34.5 Å². The maximum Gasteiger partial charge on any atom is 0.0689 e. The molecule has 1 nitrogen and oxygen atoms in total. The lowest BCUT2D eigenvalue weighted by molar-refractivity contribution is 0.0629. The molecular weight excluding hydrogens is 218 g/mol. The van der Waals surface area contributed by atoms with Crippen molar-refractivity contribution in [2.45, 2.75) is 78.1 Å². The van der Waals surface area contributed by atoms with Crippen LogP contribution in [0.3, 0.4) is 0 Å². The van der Waals surface area contributed by atoms with Crippen molar-refractivity contribution < 1.29 is 0 Å². The number of nitrogens with zero attached hydrogens (tertiary/aromatic N) is 1. The summed E-state index contributed by atoms with van der Waals surface area (Å²) in [5, 5.41) is 9.55. The van der Waals surface area contributed by atoms with E-state index in [0.29, 0.717) is 0 Å². The van der Waals surface area contributed by atoms with E-state index in [2.05, 4.69) is 19.9 Å². The number of fused-ring (bicyclic) bond motifs is 1. The molecule has 4 atom stereocenters. The topological polar surface area (TPSA) is 23.8 Å². The average molecular weight is 247 g/mol. The Labute approximate surface area is 113 Å².